The van der Waals surface area contributed by atoms with Gasteiger partial charge in [-0.05, 0) is 30.7 Å². The van der Waals surface area contributed by atoms with Gasteiger partial charge in [0.1, 0.15) is 34.7 Å². The first-order valence-corrected chi connectivity index (χ1v) is 8.95. The molecule has 1 heterocycles. The second-order valence-electron chi connectivity index (χ2n) is 6.22. The SMILES string of the molecule is Cc1cccc2c(=O)c3c(O)cc(OCc4ccc(Cl)cc4Cl)cc3oc12. The Morgan fingerprint density at radius 2 is 1.93 bits per heavy atom. The number of phenols is 1. The van der Waals surface area contributed by atoms with Crippen LogP contribution >= 0.6 is 23.2 Å². The van der Waals surface area contributed by atoms with Gasteiger partial charge >= 0.3 is 0 Å². The monoisotopic (exact) mass is 400 g/mol. The molecule has 0 aliphatic carbocycles. The Kier molecular flexibility index (Phi) is 4.46. The lowest BCUT2D eigenvalue weighted by atomic mass is 10.1. The highest BCUT2D eigenvalue weighted by atomic mass is 35.5. The highest BCUT2D eigenvalue weighted by Gasteiger charge is 2.15. The quantitative estimate of drug-likeness (QED) is 0.438. The molecule has 0 saturated heterocycles. The zero-order valence-electron chi connectivity index (χ0n) is 14.3. The molecule has 0 atom stereocenters. The number of benzene rings is 3. The number of hydrogen-bond donors (Lipinski definition) is 1. The van der Waals surface area contributed by atoms with Gasteiger partial charge in [0.05, 0.1) is 5.39 Å². The maximum absolute atomic E-state index is 12.7. The predicted octanol–water partition coefficient (Wildman–Crippen LogP) is 5.85. The van der Waals surface area contributed by atoms with E-state index in [1.165, 1.54) is 6.07 Å². The molecule has 4 aromatic rings. The van der Waals surface area contributed by atoms with Crippen LogP contribution in [0.2, 0.25) is 10.0 Å². The summed E-state index contributed by atoms with van der Waals surface area (Å²) >= 11 is 12.0. The second kappa shape index (κ2) is 6.80. The van der Waals surface area contributed by atoms with Crippen LogP contribution in [0.15, 0.2) is 57.7 Å². The summed E-state index contributed by atoms with van der Waals surface area (Å²) in [5, 5.41) is 12.0. The van der Waals surface area contributed by atoms with Crippen molar-refractivity contribution < 1.29 is 14.3 Å². The lowest BCUT2D eigenvalue weighted by Crippen LogP contribution is -2.04. The van der Waals surface area contributed by atoms with Gasteiger partial charge in [-0.2, -0.15) is 0 Å². The van der Waals surface area contributed by atoms with E-state index in [0.29, 0.717) is 26.8 Å². The van der Waals surface area contributed by atoms with Crippen molar-refractivity contribution in [3.05, 3.63) is 79.9 Å². The molecule has 1 aromatic heterocycles. The van der Waals surface area contributed by atoms with E-state index >= 15 is 0 Å². The fraction of sp³-hybridized carbons (Fsp3) is 0.0952. The molecular formula is C21H14Cl2O4. The minimum Gasteiger partial charge on any atom is -0.507 e. The number of fused-ring (bicyclic) bond motifs is 2. The van der Waals surface area contributed by atoms with Gasteiger partial charge in [0.2, 0.25) is 5.43 Å². The van der Waals surface area contributed by atoms with Crippen molar-refractivity contribution in [2.75, 3.05) is 0 Å². The number of rotatable bonds is 3. The lowest BCUT2D eigenvalue weighted by molar-refractivity contribution is 0.304. The summed E-state index contributed by atoms with van der Waals surface area (Å²) in [6.07, 6.45) is 0. The van der Waals surface area contributed by atoms with E-state index in [-0.39, 0.29) is 28.8 Å². The van der Waals surface area contributed by atoms with Crippen molar-refractivity contribution in [1.82, 2.24) is 0 Å². The first-order valence-electron chi connectivity index (χ1n) is 8.20. The van der Waals surface area contributed by atoms with E-state index < -0.39 is 0 Å². The number of ether oxygens (including phenoxy) is 1. The minimum atomic E-state index is -0.278. The van der Waals surface area contributed by atoms with Crippen LogP contribution in [-0.2, 0) is 6.61 Å². The standard InChI is InChI=1S/C21H14Cl2O4/c1-11-3-2-4-15-20(25)19-17(24)8-14(9-18(19)27-21(11)15)26-10-12-5-6-13(22)7-16(12)23/h2-9,24H,10H2,1H3. The third-order valence-corrected chi connectivity index (χ3v) is 4.95. The van der Waals surface area contributed by atoms with Crippen molar-refractivity contribution in [3.63, 3.8) is 0 Å². The predicted molar refractivity (Wildman–Crippen MR) is 107 cm³/mol. The van der Waals surface area contributed by atoms with Crippen molar-refractivity contribution >= 4 is 45.1 Å². The van der Waals surface area contributed by atoms with E-state index in [9.17, 15) is 9.90 Å². The van der Waals surface area contributed by atoms with Gasteiger partial charge < -0.3 is 14.3 Å². The molecule has 0 unspecified atom stereocenters. The topological polar surface area (TPSA) is 59.7 Å². The molecule has 4 nitrogen and oxygen atoms in total. The summed E-state index contributed by atoms with van der Waals surface area (Å²) in [6.45, 7) is 2.04. The normalized spacial score (nSPS) is 11.2. The molecular weight excluding hydrogens is 387 g/mol. The molecule has 0 fully saturated rings. The number of aromatic hydroxyl groups is 1. The van der Waals surface area contributed by atoms with E-state index in [1.54, 1.807) is 36.4 Å². The van der Waals surface area contributed by atoms with Crippen molar-refractivity contribution in [2.45, 2.75) is 13.5 Å². The third-order valence-electron chi connectivity index (χ3n) is 4.36. The van der Waals surface area contributed by atoms with Crippen molar-refractivity contribution in [2.24, 2.45) is 0 Å². The maximum Gasteiger partial charge on any atom is 0.204 e. The first-order chi connectivity index (χ1) is 12.9. The zero-order chi connectivity index (χ0) is 19.1. The molecule has 0 radical (unpaired) electrons. The molecule has 0 spiro atoms. The Balaban J connectivity index is 1.78. The van der Waals surface area contributed by atoms with Gasteiger partial charge in [0.25, 0.3) is 0 Å². The number of halogens is 2. The summed E-state index contributed by atoms with van der Waals surface area (Å²) in [6, 6.07) is 13.4. The lowest BCUT2D eigenvalue weighted by Gasteiger charge is -2.10. The maximum atomic E-state index is 12.7. The van der Waals surface area contributed by atoms with Crippen molar-refractivity contribution in [3.8, 4) is 11.5 Å². The Hall–Kier alpha value is -2.69. The second-order valence-corrected chi connectivity index (χ2v) is 7.07. The highest BCUT2D eigenvalue weighted by molar-refractivity contribution is 6.35. The summed E-state index contributed by atoms with van der Waals surface area (Å²) in [5.41, 5.74) is 2.06. The smallest absolute Gasteiger partial charge is 0.204 e. The molecule has 3 aromatic carbocycles. The fourth-order valence-corrected chi connectivity index (χ4v) is 3.44. The minimum absolute atomic E-state index is 0.130. The van der Waals surface area contributed by atoms with Crippen LogP contribution < -0.4 is 10.2 Å². The van der Waals surface area contributed by atoms with Gasteiger partial charge in [-0.3, -0.25) is 4.79 Å². The van der Waals surface area contributed by atoms with Crippen LogP contribution in [0.3, 0.4) is 0 Å². The number of para-hydroxylation sites is 1. The van der Waals surface area contributed by atoms with Gasteiger partial charge in [-0.15, -0.1) is 0 Å². The van der Waals surface area contributed by atoms with E-state index in [1.807, 2.05) is 13.0 Å². The highest BCUT2D eigenvalue weighted by Crippen LogP contribution is 2.32. The summed E-state index contributed by atoms with van der Waals surface area (Å²) in [5.74, 6) is 0.170. The Morgan fingerprint density at radius 1 is 1.11 bits per heavy atom. The molecule has 0 saturated carbocycles. The van der Waals surface area contributed by atoms with Crippen LogP contribution in [0, 0.1) is 6.92 Å². The van der Waals surface area contributed by atoms with Crippen LogP contribution in [0.5, 0.6) is 11.5 Å². The Morgan fingerprint density at radius 3 is 2.70 bits per heavy atom. The van der Waals surface area contributed by atoms with E-state index in [0.717, 1.165) is 11.1 Å². The summed E-state index contributed by atoms with van der Waals surface area (Å²) < 4.78 is 11.6. The fourth-order valence-electron chi connectivity index (χ4n) is 2.98. The Labute approximate surface area is 164 Å². The largest absolute Gasteiger partial charge is 0.507 e. The average Bonchev–Trinajstić information content (AvgIpc) is 2.62. The molecule has 0 aliphatic heterocycles. The number of phenolic OH excluding ortho intramolecular Hbond substituents is 1. The molecule has 0 bridgehead atoms. The van der Waals surface area contributed by atoms with Gasteiger partial charge in [-0.25, -0.2) is 0 Å². The average molecular weight is 401 g/mol. The molecule has 1 N–H and O–H groups in total. The van der Waals surface area contributed by atoms with Crippen molar-refractivity contribution in [1.29, 1.82) is 0 Å². The molecule has 136 valence electrons. The molecule has 27 heavy (non-hydrogen) atoms. The Bertz CT molecular complexity index is 1240. The van der Waals surface area contributed by atoms with Crippen LogP contribution in [0.1, 0.15) is 11.1 Å². The first kappa shape index (κ1) is 17.7. The molecule has 6 heteroatoms. The zero-order valence-corrected chi connectivity index (χ0v) is 15.8. The number of aryl methyl sites for hydroxylation is 1. The summed E-state index contributed by atoms with van der Waals surface area (Å²) in [7, 11) is 0. The van der Waals surface area contributed by atoms with Crippen LogP contribution in [0.4, 0.5) is 0 Å². The van der Waals surface area contributed by atoms with Gasteiger partial charge in [0.15, 0.2) is 0 Å². The van der Waals surface area contributed by atoms with E-state index in [4.69, 9.17) is 32.4 Å². The van der Waals surface area contributed by atoms with Crippen LogP contribution in [-0.4, -0.2) is 5.11 Å². The van der Waals surface area contributed by atoms with E-state index in [2.05, 4.69) is 0 Å². The third kappa shape index (κ3) is 3.22. The number of hydrogen-bond acceptors (Lipinski definition) is 4. The molecule has 0 amide bonds. The molecule has 0 aliphatic rings. The van der Waals surface area contributed by atoms with Gasteiger partial charge in [0, 0.05) is 27.7 Å². The summed E-state index contributed by atoms with van der Waals surface area (Å²) in [4.78, 5) is 12.7. The molecule has 4 rings (SSSR count). The van der Waals surface area contributed by atoms with Gasteiger partial charge in [-0.1, -0.05) is 41.4 Å². The van der Waals surface area contributed by atoms with Crippen LogP contribution in [0.25, 0.3) is 21.9 Å².